The highest BCUT2D eigenvalue weighted by Crippen LogP contribution is 2.35. The Morgan fingerprint density at radius 3 is 2.70 bits per heavy atom. The van der Waals surface area contributed by atoms with Crippen molar-refractivity contribution in [3.8, 4) is 0 Å². The molecule has 2 rings (SSSR count). The fraction of sp³-hybridized carbons (Fsp3) is 0.800. The van der Waals surface area contributed by atoms with E-state index >= 15 is 0 Å². The van der Waals surface area contributed by atoms with Crippen LogP contribution in [0, 0.1) is 6.92 Å². The predicted molar refractivity (Wildman–Crippen MR) is 82.2 cm³/mol. The molecule has 1 aliphatic carbocycles. The Hall–Kier alpha value is -1.07. The molecule has 1 aliphatic rings. The van der Waals surface area contributed by atoms with Crippen LogP contribution in [0.1, 0.15) is 31.4 Å². The third-order valence-electron chi connectivity index (χ3n) is 4.43. The van der Waals surface area contributed by atoms with Gasteiger partial charge in [-0.05, 0) is 33.9 Å². The molecule has 0 radical (unpaired) electrons. The molecule has 5 nitrogen and oxygen atoms in total. The highest BCUT2D eigenvalue weighted by Gasteiger charge is 2.36. The third kappa shape index (κ3) is 3.33. The summed E-state index contributed by atoms with van der Waals surface area (Å²) in [5, 5.41) is 3.37. The maximum Gasteiger partial charge on any atom is 0.203 e. The van der Waals surface area contributed by atoms with E-state index in [0.717, 1.165) is 24.7 Å². The first-order chi connectivity index (χ1) is 9.57. The number of nitrogens with one attached hydrogen (secondary N) is 1. The summed E-state index contributed by atoms with van der Waals surface area (Å²) in [6, 6.07) is 0. The zero-order valence-corrected chi connectivity index (χ0v) is 13.3. The van der Waals surface area contributed by atoms with Crippen LogP contribution in [0.5, 0.6) is 0 Å². The molecule has 1 N–H and O–H groups in total. The smallest absolute Gasteiger partial charge is 0.203 e. The Labute approximate surface area is 122 Å². The number of imidazole rings is 1. The van der Waals surface area contributed by atoms with Gasteiger partial charge < -0.3 is 19.5 Å². The first-order valence-electron chi connectivity index (χ1n) is 7.51. The van der Waals surface area contributed by atoms with Gasteiger partial charge in [0, 0.05) is 31.9 Å². The molecule has 1 fully saturated rings. The van der Waals surface area contributed by atoms with Gasteiger partial charge in [0.15, 0.2) is 0 Å². The highest BCUT2D eigenvalue weighted by molar-refractivity contribution is 5.29. The Balaban J connectivity index is 2.11. The van der Waals surface area contributed by atoms with Crippen molar-refractivity contribution in [1.29, 1.82) is 0 Å². The summed E-state index contributed by atoms with van der Waals surface area (Å²) < 4.78 is 7.37. The second-order valence-electron chi connectivity index (χ2n) is 6.08. The Morgan fingerprint density at radius 2 is 2.10 bits per heavy atom. The van der Waals surface area contributed by atoms with Gasteiger partial charge in [-0.3, -0.25) is 0 Å². The number of rotatable bonds is 7. The van der Waals surface area contributed by atoms with Gasteiger partial charge in [0.25, 0.3) is 0 Å². The topological polar surface area (TPSA) is 42.3 Å². The normalized spacial score (nSPS) is 17.9. The van der Waals surface area contributed by atoms with Gasteiger partial charge in [-0.15, -0.1) is 0 Å². The van der Waals surface area contributed by atoms with Crippen LogP contribution in [0.15, 0.2) is 6.20 Å². The standard InChI is InChI=1S/C15H28N4O/c1-13-11-19(14(17-13)16-9-10-20-4)12-15(18(2)3)7-5-6-8-15/h11H,5-10,12H2,1-4H3,(H,16,17). The van der Waals surface area contributed by atoms with Crippen molar-refractivity contribution in [3.05, 3.63) is 11.9 Å². The maximum atomic E-state index is 5.09. The molecular weight excluding hydrogens is 252 g/mol. The van der Waals surface area contributed by atoms with E-state index in [1.807, 2.05) is 0 Å². The zero-order chi connectivity index (χ0) is 14.6. The van der Waals surface area contributed by atoms with Crippen LogP contribution in [-0.4, -0.2) is 54.3 Å². The molecule has 0 bridgehead atoms. The number of hydrogen-bond acceptors (Lipinski definition) is 4. The van der Waals surface area contributed by atoms with Crippen molar-refractivity contribution < 1.29 is 4.74 Å². The van der Waals surface area contributed by atoms with Crippen molar-refractivity contribution in [2.24, 2.45) is 0 Å². The minimum absolute atomic E-state index is 0.283. The average Bonchev–Trinajstić information content (AvgIpc) is 2.99. The van der Waals surface area contributed by atoms with E-state index in [1.54, 1.807) is 7.11 Å². The van der Waals surface area contributed by atoms with E-state index < -0.39 is 0 Å². The van der Waals surface area contributed by atoms with Crippen molar-refractivity contribution in [2.75, 3.05) is 39.7 Å². The molecule has 0 aromatic carbocycles. The van der Waals surface area contributed by atoms with Crippen LogP contribution in [0.25, 0.3) is 0 Å². The van der Waals surface area contributed by atoms with Crippen LogP contribution < -0.4 is 5.32 Å². The van der Waals surface area contributed by atoms with Gasteiger partial charge >= 0.3 is 0 Å². The zero-order valence-electron chi connectivity index (χ0n) is 13.3. The summed E-state index contributed by atoms with van der Waals surface area (Å²) in [7, 11) is 6.12. The maximum absolute atomic E-state index is 5.09. The minimum Gasteiger partial charge on any atom is -0.383 e. The van der Waals surface area contributed by atoms with Gasteiger partial charge in [-0.25, -0.2) is 4.98 Å². The lowest BCUT2D eigenvalue weighted by molar-refractivity contribution is 0.134. The summed E-state index contributed by atoms with van der Waals surface area (Å²) >= 11 is 0. The molecule has 20 heavy (non-hydrogen) atoms. The number of likely N-dealkylation sites (N-methyl/N-ethyl adjacent to an activating group) is 1. The van der Waals surface area contributed by atoms with Gasteiger partial charge in [-0.2, -0.15) is 0 Å². The number of ether oxygens (including phenoxy) is 1. The molecule has 1 aromatic heterocycles. The van der Waals surface area contributed by atoms with E-state index in [2.05, 4.69) is 47.0 Å². The van der Waals surface area contributed by atoms with Crippen LogP contribution in [0.2, 0.25) is 0 Å². The van der Waals surface area contributed by atoms with Crippen molar-refractivity contribution in [2.45, 2.75) is 44.7 Å². The minimum atomic E-state index is 0.283. The lowest BCUT2D eigenvalue weighted by atomic mass is 9.96. The van der Waals surface area contributed by atoms with Gasteiger partial charge in [0.1, 0.15) is 0 Å². The molecule has 114 valence electrons. The monoisotopic (exact) mass is 280 g/mol. The molecule has 1 aromatic rings. The van der Waals surface area contributed by atoms with Crippen molar-refractivity contribution in [1.82, 2.24) is 14.5 Å². The number of hydrogen-bond donors (Lipinski definition) is 1. The lowest BCUT2D eigenvalue weighted by Crippen LogP contribution is -2.45. The van der Waals surface area contributed by atoms with Crippen LogP contribution in [0.4, 0.5) is 5.95 Å². The third-order valence-corrected chi connectivity index (χ3v) is 4.43. The summed E-state index contributed by atoms with van der Waals surface area (Å²) in [6.45, 7) is 4.55. The SMILES string of the molecule is COCCNc1nc(C)cn1CC1(N(C)C)CCCC1. The van der Waals surface area contributed by atoms with Gasteiger partial charge in [-0.1, -0.05) is 12.8 Å². The Kier molecular flexibility index (Phi) is 5.05. The lowest BCUT2D eigenvalue weighted by Gasteiger charge is -2.37. The quantitative estimate of drug-likeness (QED) is 0.777. The summed E-state index contributed by atoms with van der Waals surface area (Å²) in [5.74, 6) is 0.965. The van der Waals surface area contributed by atoms with E-state index in [0.29, 0.717) is 6.61 Å². The molecule has 1 heterocycles. The highest BCUT2D eigenvalue weighted by atomic mass is 16.5. The first-order valence-corrected chi connectivity index (χ1v) is 7.51. The summed E-state index contributed by atoms with van der Waals surface area (Å²) in [4.78, 5) is 6.99. The molecule has 0 amide bonds. The van der Waals surface area contributed by atoms with E-state index in [1.165, 1.54) is 25.7 Å². The number of nitrogens with zero attached hydrogens (tertiary/aromatic N) is 3. The van der Waals surface area contributed by atoms with Crippen LogP contribution in [0.3, 0.4) is 0 Å². The number of aromatic nitrogens is 2. The number of anilines is 1. The Bertz CT molecular complexity index is 422. The predicted octanol–water partition coefficient (Wildman–Crippen LogP) is 2.12. The van der Waals surface area contributed by atoms with Crippen molar-refractivity contribution >= 4 is 5.95 Å². The van der Waals surface area contributed by atoms with Gasteiger partial charge in [0.2, 0.25) is 5.95 Å². The fourth-order valence-electron chi connectivity index (χ4n) is 3.17. The second kappa shape index (κ2) is 6.59. The van der Waals surface area contributed by atoms with Crippen LogP contribution in [-0.2, 0) is 11.3 Å². The molecular formula is C15H28N4O. The molecule has 0 saturated heterocycles. The Morgan fingerprint density at radius 1 is 1.40 bits per heavy atom. The summed E-state index contributed by atoms with van der Waals surface area (Å²) in [6.07, 6.45) is 7.36. The van der Waals surface area contributed by atoms with Crippen LogP contribution >= 0.6 is 0 Å². The van der Waals surface area contributed by atoms with E-state index in [9.17, 15) is 0 Å². The van der Waals surface area contributed by atoms with E-state index in [-0.39, 0.29) is 5.54 Å². The van der Waals surface area contributed by atoms with Crippen molar-refractivity contribution in [3.63, 3.8) is 0 Å². The molecule has 5 heteroatoms. The second-order valence-corrected chi connectivity index (χ2v) is 6.08. The molecule has 0 spiro atoms. The molecule has 1 saturated carbocycles. The van der Waals surface area contributed by atoms with Gasteiger partial charge in [0.05, 0.1) is 12.3 Å². The molecule has 0 aliphatic heterocycles. The number of methoxy groups -OCH3 is 1. The average molecular weight is 280 g/mol. The fourth-order valence-corrected chi connectivity index (χ4v) is 3.17. The summed E-state index contributed by atoms with van der Waals surface area (Å²) in [5.41, 5.74) is 1.35. The number of aryl methyl sites for hydroxylation is 1. The molecule has 0 unspecified atom stereocenters. The first kappa shape index (κ1) is 15.3. The van der Waals surface area contributed by atoms with E-state index in [4.69, 9.17) is 4.74 Å². The molecule has 0 atom stereocenters. The largest absolute Gasteiger partial charge is 0.383 e.